The minimum atomic E-state index is 0.551. The average Bonchev–Trinajstić information content (AvgIpc) is 3.16. The number of hydrogen-bond acceptors (Lipinski definition) is 8. The minimum absolute atomic E-state index is 0.551. The van der Waals surface area contributed by atoms with Crippen molar-refractivity contribution in [1.82, 2.24) is 29.5 Å². The van der Waals surface area contributed by atoms with Gasteiger partial charge in [-0.2, -0.15) is 0 Å². The molecule has 9 heteroatoms. The molecule has 4 aromatic rings. The number of anilines is 2. The number of fused-ring (bicyclic) bond motifs is 1. The summed E-state index contributed by atoms with van der Waals surface area (Å²) in [4.78, 5) is 22.2. The maximum Gasteiger partial charge on any atom is 0.166 e. The van der Waals surface area contributed by atoms with Crippen molar-refractivity contribution < 1.29 is 0 Å². The zero-order valence-corrected chi connectivity index (χ0v) is 14.8. The fourth-order valence-corrected chi connectivity index (χ4v) is 2.72. The van der Waals surface area contributed by atoms with Gasteiger partial charge in [-0.3, -0.25) is 4.98 Å². The highest BCUT2D eigenvalue weighted by Gasteiger charge is 2.14. The van der Waals surface area contributed by atoms with Crippen molar-refractivity contribution >= 4 is 22.8 Å². The van der Waals surface area contributed by atoms with Crippen molar-refractivity contribution in [3.8, 4) is 11.4 Å². The normalized spacial score (nSPS) is 10.9. The van der Waals surface area contributed by atoms with E-state index >= 15 is 0 Å². The summed E-state index contributed by atoms with van der Waals surface area (Å²) < 4.78 is 1.99. The predicted octanol–water partition coefficient (Wildman–Crippen LogP) is 2.20. The predicted molar refractivity (Wildman–Crippen MR) is 104 cm³/mol. The van der Waals surface area contributed by atoms with Crippen LogP contribution in [0.15, 0.2) is 49.2 Å². The van der Waals surface area contributed by atoms with Gasteiger partial charge in [0.05, 0.1) is 6.33 Å². The zero-order valence-electron chi connectivity index (χ0n) is 14.8. The lowest BCUT2D eigenvalue weighted by molar-refractivity contribution is 0.777. The van der Waals surface area contributed by atoms with E-state index in [1.165, 1.54) is 0 Å². The van der Waals surface area contributed by atoms with Gasteiger partial charge in [0.25, 0.3) is 0 Å². The van der Waals surface area contributed by atoms with Gasteiger partial charge in [-0.15, -0.1) is 0 Å². The van der Waals surface area contributed by atoms with Crippen molar-refractivity contribution in [3.63, 3.8) is 0 Å². The van der Waals surface area contributed by atoms with E-state index in [0.717, 1.165) is 28.8 Å². The molecule has 0 aliphatic heterocycles. The number of hydrazine groups is 1. The quantitative estimate of drug-likeness (QED) is 0.353. The fraction of sp³-hybridized carbons (Fsp3) is 0.167. The summed E-state index contributed by atoms with van der Waals surface area (Å²) in [5.41, 5.74) is 5.89. The third-order valence-electron chi connectivity index (χ3n) is 4.16. The molecule has 0 bridgehead atoms. The standard InChI is InChI=1S/C18H19N9/c1-2-27-11-23-15-17(22-9-12-5-6-14(26-19)21-8-12)24-16(25-18(15)27)13-4-3-7-20-10-13/h3-8,10-11H,2,9,19H2,1H3,(H,21,26)(H,22,24,25). The van der Waals surface area contributed by atoms with Crippen LogP contribution in [0.5, 0.6) is 0 Å². The van der Waals surface area contributed by atoms with E-state index in [1.54, 1.807) is 24.9 Å². The van der Waals surface area contributed by atoms with Crippen molar-refractivity contribution in [3.05, 3.63) is 54.7 Å². The fourth-order valence-electron chi connectivity index (χ4n) is 2.72. The van der Waals surface area contributed by atoms with Crippen LogP contribution in [0.25, 0.3) is 22.6 Å². The van der Waals surface area contributed by atoms with E-state index in [4.69, 9.17) is 5.84 Å². The molecule has 0 aliphatic rings. The van der Waals surface area contributed by atoms with Crippen LogP contribution >= 0.6 is 0 Å². The highest BCUT2D eigenvalue weighted by Crippen LogP contribution is 2.24. The second-order valence-corrected chi connectivity index (χ2v) is 5.89. The Hall–Kier alpha value is -3.59. The molecule has 0 saturated heterocycles. The van der Waals surface area contributed by atoms with Gasteiger partial charge in [0, 0.05) is 37.2 Å². The smallest absolute Gasteiger partial charge is 0.166 e. The zero-order chi connectivity index (χ0) is 18.6. The molecule has 4 aromatic heterocycles. The van der Waals surface area contributed by atoms with E-state index in [1.807, 2.05) is 28.8 Å². The molecule has 136 valence electrons. The molecule has 4 rings (SSSR count). The number of pyridine rings is 2. The van der Waals surface area contributed by atoms with Crippen LogP contribution in [0.4, 0.5) is 11.6 Å². The summed E-state index contributed by atoms with van der Waals surface area (Å²) in [6.45, 7) is 3.38. The lowest BCUT2D eigenvalue weighted by atomic mass is 10.2. The molecule has 0 amide bonds. The molecule has 4 heterocycles. The molecule has 4 N–H and O–H groups in total. The van der Waals surface area contributed by atoms with Crippen molar-refractivity contribution in [1.29, 1.82) is 0 Å². The van der Waals surface area contributed by atoms with Crippen LogP contribution < -0.4 is 16.6 Å². The molecule has 0 fully saturated rings. The summed E-state index contributed by atoms with van der Waals surface area (Å²) >= 11 is 0. The third-order valence-corrected chi connectivity index (χ3v) is 4.16. The SMILES string of the molecule is CCn1cnc2c(NCc3ccc(NN)nc3)nc(-c3cccnc3)nc21. The van der Waals surface area contributed by atoms with Crippen LogP contribution in [0, 0.1) is 0 Å². The Morgan fingerprint density at radius 3 is 2.74 bits per heavy atom. The molecule has 9 nitrogen and oxygen atoms in total. The molecule has 0 aliphatic carbocycles. The average molecular weight is 361 g/mol. The van der Waals surface area contributed by atoms with Gasteiger partial charge in [0.15, 0.2) is 17.3 Å². The molecular weight excluding hydrogens is 342 g/mol. The van der Waals surface area contributed by atoms with Gasteiger partial charge in [0.2, 0.25) is 0 Å². The molecule has 27 heavy (non-hydrogen) atoms. The van der Waals surface area contributed by atoms with E-state index in [2.05, 4.69) is 42.6 Å². The van der Waals surface area contributed by atoms with Crippen molar-refractivity contribution in [2.24, 2.45) is 5.84 Å². The van der Waals surface area contributed by atoms with Crippen molar-refractivity contribution in [2.75, 3.05) is 10.7 Å². The highest BCUT2D eigenvalue weighted by molar-refractivity contribution is 5.85. The van der Waals surface area contributed by atoms with Crippen LogP contribution in [0.1, 0.15) is 12.5 Å². The second-order valence-electron chi connectivity index (χ2n) is 5.89. The molecule has 0 saturated carbocycles. The summed E-state index contributed by atoms with van der Waals surface area (Å²) in [5, 5.41) is 3.35. The van der Waals surface area contributed by atoms with Gasteiger partial charge in [-0.1, -0.05) is 6.07 Å². The molecule has 0 spiro atoms. The summed E-state index contributed by atoms with van der Waals surface area (Å²) in [5.74, 6) is 7.25. The number of aryl methyl sites for hydroxylation is 1. The lowest BCUT2D eigenvalue weighted by Crippen LogP contribution is -2.09. The largest absolute Gasteiger partial charge is 0.364 e. The lowest BCUT2D eigenvalue weighted by Gasteiger charge is -2.09. The molecule has 0 atom stereocenters. The molecule has 0 aromatic carbocycles. The Morgan fingerprint density at radius 2 is 2.04 bits per heavy atom. The van der Waals surface area contributed by atoms with Gasteiger partial charge >= 0.3 is 0 Å². The third kappa shape index (κ3) is 3.40. The summed E-state index contributed by atoms with van der Waals surface area (Å²) in [6, 6.07) is 7.57. The van der Waals surface area contributed by atoms with Gasteiger partial charge in [-0.05, 0) is 30.7 Å². The first-order valence-corrected chi connectivity index (χ1v) is 8.57. The second kappa shape index (κ2) is 7.34. The van der Waals surface area contributed by atoms with Crippen LogP contribution in [0.2, 0.25) is 0 Å². The summed E-state index contributed by atoms with van der Waals surface area (Å²) in [7, 11) is 0. The first-order valence-electron chi connectivity index (χ1n) is 8.57. The number of nitrogens with one attached hydrogen (secondary N) is 2. The Balaban J connectivity index is 1.70. The van der Waals surface area contributed by atoms with E-state index in [0.29, 0.717) is 24.0 Å². The number of nitrogens with zero attached hydrogens (tertiary/aromatic N) is 6. The number of rotatable bonds is 6. The van der Waals surface area contributed by atoms with Gasteiger partial charge in [0.1, 0.15) is 11.3 Å². The van der Waals surface area contributed by atoms with E-state index in [9.17, 15) is 0 Å². The topological polar surface area (TPSA) is 119 Å². The number of aromatic nitrogens is 6. The highest BCUT2D eigenvalue weighted by atomic mass is 15.2. The van der Waals surface area contributed by atoms with Crippen LogP contribution in [0.3, 0.4) is 0 Å². The minimum Gasteiger partial charge on any atom is -0.364 e. The molecular formula is C18H19N9. The van der Waals surface area contributed by atoms with Gasteiger partial charge in [-0.25, -0.2) is 25.8 Å². The first kappa shape index (κ1) is 16.9. The maximum atomic E-state index is 5.35. The Labute approximate surface area is 155 Å². The number of nitrogens with two attached hydrogens (primary N) is 1. The van der Waals surface area contributed by atoms with Gasteiger partial charge < -0.3 is 15.3 Å². The van der Waals surface area contributed by atoms with Crippen LogP contribution in [-0.4, -0.2) is 29.5 Å². The molecule has 0 unspecified atom stereocenters. The molecule has 0 radical (unpaired) electrons. The van der Waals surface area contributed by atoms with Crippen LogP contribution in [-0.2, 0) is 13.1 Å². The number of hydrogen-bond donors (Lipinski definition) is 3. The Bertz CT molecular complexity index is 1040. The Morgan fingerprint density at radius 1 is 1.11 bits per heavy atom. The van der Waals surface area contributed by atoms with Crippen molar-refractivity contribution in [2.45, 2.75) is 20.0 Å². The Kier molecular flexibility index (Phi) is 4.58. The van der Waals surface area contributed by atoms with E-state index in [-0.39, 0.29) is 0 Å². The summed E-state index contributed by atoms with van der Waals surface area (Å²) in [6.07, 6.45) is 7.01. The maximum absolute atomic E-state index is 5.35. The monoisotopic (exact) mass is 361 g/mol. The van der Waals surface area contributed by atoms with E-state index < -0.39 is 0 Å². The first-order chi connectivity index (χ1) is 13.3. The number of nitrogen functional groups attached to an aromatic ring is 1. The number of imidazole rings is 1.